The van der Waals surface area contributed by atoms with E-state index in [0.29, 0.717) is 0 Å². The number of carbonyl (C=O) groups is 1. The molecule has 6 heteroatoms. The van der Waals surface area contributed by atoms with Crippen LogP contribution in [0.5, 0.6) is 0 Å². The summed E-state index contributed by atoms with van der Waals surface area (Å²) in [5, 5.41) is 8.45. The molecule has 1 rings (SSSR count). The number of hydrogen-bond donors (Lipinski definition) is 1. The second kappa shape index (κ2) is 4.29. The molecular weight excluding hydrogens is 211 g/mol. The van der Waals surface area contributed by atoms with E-state index in [-0.39, 0.29) is 5.56 Å². The summed E-state index contributed by atoms with van der Waals surface area (Å²) in [5.74, 6) is -2.53. The van der Waals surface area contributed by atoms with Crippen molar-refractivity contribution >= 4 is 5.97 Å². The highest BCUT2D eigenvalue weighted by molar-refractivity contribution is 5.71. The molecular formula is C9H8F3NO2. The number of aryl methyl sites for hydroxylation is 1. The van der Waals surface area contributed by atoms with E-state index in [1.165, 1.54) is 6.92 Å². The molecule has 1 aromatic rings. The number of nitrogens with zero attached hydrogens (tertiary/aromatic N) is 1. The SMILES string of the molecule is Cc1cnc(F)c(CC(=O)O)c1C(F)F. The van der Waals surface area contributed by atoms with E-state index in [1.54, 1.807) is 0 Å². The molecule has 0 saturated heterocycles. The fraction of sp³-hybridized carbons (Fsp3) is 0.333. The number of halogens is 3. The lowest BCUT2D eigenvalue weighted by Crippen LogP contribution is -2.09. The van der Waals surface area contributed by atoms with Crippen LogP contribution in [0.2, 0.25) is 0 Å². The van der Waals surface area contributed by atoms with Crippen molar-refractivity contribution in [3.63, 3.8) is 0 Å². The van der Waals surface area contributed by atoms with Crippen molar-refractivity contribution in [1.29, 1.82) is 0 Å². The first-order valence-corrected chi connectivity index (χ1v) is 4.07. The van der Waals surface area contributed by atoms with Gasteiger partial charge >= 0.3 is 5.97 Å². The van der Waals surface area contributed by atoms with E-state index in [4.69, 9.17) is 5.11 Å². The van der Waals surface area contributed by atoms with Gasteiger partial charge in [0.15, 0.2) is 0 Å². The summed E-state index contributed by atoms with van der Waals surface area (Å²) >= 11 is 0. The zero-order valence-electron chi connectivity index (χ0n) is 7.80. The number of hydrogen-bond acceptors (Lipinski definition) is 2. The van der Waals surface area contributed by atoms with Gasteiger partial charge in [-0.1, -0.05) is 0 Å². The summed E-state index contributed by atoms with van der Waals surface area (Å²) in [6, 6.07) is 0. The van der Waals surface area contributed by atoms with Crippen molar-refractivity contribution in [3.05, 3.63) is 28.8 Å². The maximum atomic E-state index is 13.0. The largest absolute Gasteiger partial charge is 0.481 e. The molecule has 0 saturated carbocycles. The molecule has 0 unspecified atom stereocenters. The lowest BCUT2D eigenvalue weighted by molar-refractivity contribution is -0.136. The molecule has 1 heterocycles. The Morgan fingerprint density at radius 2 is 2.20 bits per heavy atom. The highest BCUT2D eigenvalue weighted by Crippen LogP contribution is 2.27. The minimum atomic E-state index is -2.91. The fourth-order valence-corrected chi connectivity index (χ4v) is 1.27. The molecule has 0 bridgehead atoms. The zero-order valence-corrected chi connectivity index (χ0v) is 7.80. The predicted molar refractivity (Wildman–Crippen MR) is 45.2 cm³/mol. The molecule has 15 heavy (non-hydrogen) atoms. The number of aliphatic carboxylic acids is 1. The second-order valence-corrected chi connectivity index (χ2v) is 3.00. The average Bonchev–Trinajstić information content (AvgIpc) is 2.10. The highest BCUT2D eigenvalue weighted by Gasteiger charge is 2.21. The Morgan fingerprint density at radius 1 is 1.60 bits per heavy atom. The average molecular weight is 219 g/mol. The van der Waals surface area contributed by atoms with E-state index in [0.717, 1.165) is 6.20 Å². The minimum Gasteiger partial charge on any atom is -0.481 e. The number of pyridine rings is 1. The van der Waals surface area contributed by atoms with Crippen LogP contribution >= 0.6 is 0 Å². The maximum absolute atomic E-state index is 13.0. The van der Waals surface area contributed by atoms with Crippen LogP contribution in [-0.2, 0) is 11.2 Å². The predicted octanol–water partition coefficient (Wildman–Crippen LogP) is 2.09. The Morgan fingerprint density at radius 3 is 2.67 bits per heavy atom. The molecule has 0 atom stereocenters. The van der Waals surface area contributed by atoms with Crippen LogP contribution in [0.3, 0.4) is 0 Å². The van der Waals surface area contributed by atoms with Gasteiger partial charge in [0, 0.05) is 17.3 Å². The second-order valence-electron chi connectivity index (χ2n) is 3.00. The molecule has 0 amide bonds. The van der Waals surface area contributed by atoms with Gasteiger partial charge in [0.05, 0.1) is 6.42 Å². The van der Waals surface area contributed by atoms with Gasteiger partial charge in [-0.05, 0) is 12.5 Å². The topological polar surface area (TPSA) is 50.2 Å². The molecule has 0 fully saturated rings. The third-order valence-electron chi connectivity index (χ3n) is 1.92. The van der Waals surface area contributed by atoms with Gasteiger partial charge in [0.2, 0.25) is 5.95 Å². The first kappa shape index (κ1) is 11.5. The summed E-state index contributed by atoms with van der Waals surface area (Å²) < 4.78 is 38.1. The molecule has 1 aromatic heterocycles. The summed E-state index contributed by atoms with van der Waals surface area (Å²) in [4.78, 5) is 13.6. The number of carboxylic acid groups (broad SMARTS) is 1. The van der Waals surface area contributed by atoms with E-state index in [1.807, 2.05) is 0 Å². The third-order valence-corrected chi connectivity index (χ3v) is 1.92. The van der Waals surface area contributed by atoms with Crippen molar-refractivity contribution in [2.24, 2.45) is 0 Å². The highest BCUT2D eigenvalue weighted by atomic mass is 19.3. The smallest absolute Gasteiger partial charge is 0.308 e. The zero-order chi connectivity index (χ0) is 11.6. The van der Waals surface area contributed by atoms with Gasteiger partial charge in [-0.2, -0.15) is 4.39 Å². The van der Waals surface area contributed by atoms with Gasteiger partial charge in [-0.3, -0.25) is 4.79 Å². The Hall–Kier alpha value is -1.59. The standard InChI is InChI=1S/C9H8F3NO2/c1-4-3-13-9(12)5(2-6(14)15)7(4)8(10)11/h3,8H,2H2,1H3,(H,14,15). The van der Waals surface area contributed by atoms with Crippen LogP contribution in [0.1, 0.15) is 23.1 Å². The van der Waals surface area contributed by atoms with Crippen molar-refractivity contribution < 1.29 is 23.1 Å². The summed E-state index contributed by atoms with van der Waals surface area (Å²) in [6.07, 6.45) is -2.74. The van der Waals surface area contributed by atoms with Crippen molar-refractivity contribution in [1.82, 2.24) is 4.98 Å². The van der Waals surface area contributed by atoms with Gasteiger partial charge in [0.25, 0.3) is 6.43 Å². The first-order chi connectivity index (χ1) is 6.93. The van der Waals surface area contributed by atoms with Crippen molar-refractivity contribution in [3.8, 4) is 0 Å². The van der Waals surface area contributed by atoms with Gasteiger partial charge in [-0.25, -0.2) is 13.8 Å². The van der Waals surface area contributed by atoms with Gasteiger partial charge in [-0.15, -0.1) is 0 Å². The lowest BCUT2D eigenvalue weighted by Gasteiger charge is -2.10. The van der Waals surface area contributed by atoms with Gasteiger partial charge < -0.3 is 5.11 Å². The number of aromatic nitrogens is 1. The Balaban J connectivity index is 3.31. The van der Waals surface area contributed by atoms with E-state index < -0.39 is 35.9 Å². The van der Waals surface area contributed by atoms with E-state index in [2.05, 4.69) is 4.98 Å². The third kappa shape index (κ3) is 2.45. The van der Waals surface area contributed by atoms with E-state index >= 15 is 0 Å². The number of rotatable bonds is 3. The van der Waals surface area contributed by atoms with Crippen LogP contribution in [0, 0.1) is 12.9 Å². The summed E-state index contributed by atoms with van der Waals surface area (Å²) in [7, 11) is 0. The normalized spacial score (nSPS) is 10.7. The number of alkyl halides is 2. The molecule has 0 aliphatic carbocycles. The minimum absolute atomic E-state index is 0.0858. The molecule has 0 aliphatic rings. The molecule has 0 aliphatic heterocycles. The lowest BCUT2D eigenvalue weighted by atomic mass is 10.0. The molecule has 82 valence electrons. The molecule has 0 radical (unpaired) electrons. The summed E-state index contributed by atoms with van der Waals surface area (Å²) in [6.45, 7) is 1.33. The van der Waals surface area contributed by atoms with Crippen LogP contribution < -0.4 is 0 Å². The summed E-state index contributed by atoms with van der Waals surface area (Å²) in [5.41, 5.74) is -1.04. The molecule has 0 spiro atoms. The van der Waals surface area contributed by atoms with E-state index in [9.17, 15) is 18.0 Å². The van der Waals surface area contributed by atoms with Crippen LogP contribution in [0.4, 0.5) is 13.2 Å². The Labute approximate surface area is 83.6 Å². The van der Waals surface area contributed by atoms with Crippen LogP contribution in [0.25, 0.3) is 0 Å². The van der Waals surface area contributed by atoms with Crippen LogP contribution in [-0.4, -0.2) is 16.1 Å². The van der Waals surface area contributed by atoms with Gasteiger partial charge in [0.1, 0.15) is 0 Å². The maximum Gasteiger partial charge on any atom is 0.308 e. The van der Waals surface area contributed by atoms with Crippen molar-refractivity contribution in [2.75, 3.05) is 0 Å². The van der Waals surface area contributed by atoms with Crippen molar-refractivity contribution in [2.45, 2.75) is 19.8 Å². The molecule has 0 aromatic carbocycles. The Bertz CT molecular complexity index is 393. The molecule has 3 nitrogen and oxygen atoms in total. The fourth-order valence-electron chi connectivity index (χ4n) is 1.27. The number of carboxylic acids is 1. The molecule has 1 N–H and O–H groups in total. The monoisotopic (exact) mass is 219 g/mol. The first-order valence-electron chi connectivity index (χ1n) is 4.07. The quantitative estimate of drug-likeness (QED) is 0.792. The van der Waals surface area contributed by atoms with Crippen LogP contribution in [0.15, 0.2) is 6.20 Å². The Kier molecular flexibility index (Phi) is 3.28.